The summed E-state index contributed by atoms with van der Waals surface area (Å²) in [6.07, 6.45) is 5.96. The van der Waals surface area contributed by atoms with Gasteiger partial charge in [0.1, 0.15) is 5.78 Å². The summed E-state index contributed by atoms with van der Waals surface area (Å²) in [5.74, 6) is 0.164. The Morgan fingerprint density at radius 3 is 2.47 bits per heavy atom. The summed E-state index contributed by atoms with van der Waals surface area (Å²) in [6.45, 7) is 8.64. The van der Waals surface area contributed by atoms with E-state index in [2.05, 4.69) is 6.92 Å². The minimum Gasteiger partial charge on any atom is -0.378 e. The third kappa shape index (κ3) is 4.57. The Balaban J connectivity index is 2.52. The molecule has 1 saturated heterocycles. The molecule has 0 bridgehead atoms. The van der Waals surface area contributed by atoms with Crippen molar-refractivity contribution in [3.05, 3.63) is 0 Å². The molecule has 1 fully saturated rings. The van der Waals surface area contributed by atoms with Gasteiger partial charge in [0.15, 0.2) is 0 Å². The number of Topliss-reactive ketones (excluding diaryl/α,β-unsaturated/α-hetero) is 1. The second-order valence-corrected chi connectivity index (χ2v) is 6.64. The van der Waals surface area contributed by atoms with Gasteiger partial charge in [0, 0.05) is 12.5 Å². The molecule has 0 amide bonds. The van der Waals surface area contributed by atoms with Crippen LogP contribution >= 0.6 is 0 Å². The molecule has 112 valence electrons. The summed E-state index contributed by atoms with van der Waals surface area (Å²) in [5.41, 5.74) is -0.318. The van der Waals surface area contributed by atoms with Crippen molar-refractivity contribution in [3.8, 4) is 0 Å². The normalized spacial score (nSPS) is 27.7. The van der Waals surface area contributed by atoms with Gasteiger partial charge in [0.25, 0.3) is 0 Å². The molecule has 1 heterocycles. The van der Waals surface area contributed by atoms with E-state index in [4.69, 9.17) is 9.47 Å². The molecule has 0 unspecified atom stereocenters. The van der Waals surface area contributed by atoms with E-state index in [-0.39, 0.29) is 29.3 Å². The number of methoxy groups -OCH3 is 1. The summed E-state index contributed by atoms with van der Waals surface area (Å²) in [4.78, 5) is 12.4. The third-order valence-corrected chi connectivity index (χ3v) is 3.94. The summed E-state index contributed by atoms with van der Waals surface area (Å²) in [6, 6.07) is 0. The van der Waals surface area contributed by atoms with E-state index in [1.807, 2.05) is 20.8 Å². The zero-order chi connectivity index (χ0) is 14.5. The molecule has 0 N–H and O–H groups in total. The van der Waals surface area contributed by atoms with Crippen LogP contribution in [0.4, 0.5) is 0 Å². The molecule has 0 aromatic heterocycles. The van der Waals surface area contributed by atoms with E-state index in [0.717, 1.165) is 12.8 Å². The van der Waals surface area contributed by atoms with Crippen molar-refractivity contribution in [2.75, 3.05) is 13.7 Å². The highest BCUT2D eigenvalue weighted by Gasteiger charge is 2.44. The van der Waals surface area contributed by atoms with Crippen LogP contribution in [0.2, 0.25) is 0 Å². The van der Waals surface area contributed by atoms with E-state index in [0.29, 0.717) is 6.61 Å². The highest BCUT2D eigenvalue weighted by atomic mass is 16.5. The van der Waals surface area contributed by atoms with E-state index < -0.39 is 0 Å². The number of carbonyl (C=O) groups excluding carboxylic acids is 1. The molecule has 0 saturated carbocycles. The molecule has 1 aliphatic heterocycles. The second-order valence-electron chi connectivity index (χ2n) is 6.64. The van der Waals surface area contributed by atoms with Crippen molar-refractivity contribution in [2.24, 2.45) is 11.3 Å². The fraction of sp³-hybridized carbons (Fsp3) is 0.938. The van der Waals surface area contributed by atoms with E-state index in [9.17, 15) is 4.79 Å². The Labute approximate surface area is 118 Å². The van der Waals surface area contributed by atoms with Crippen molar-refractivity contribution in [3.63, 3.8) is 0 Å². The van der Waals surface area contributed by atoms with Crippen molar-refractivity contribution < 1.29 is 14.3 Å². The van der Waals surface area contributed by atoms with Crippen molar-refractivity contribution in [2.45, 2.75) is 72.0 Å². The molecule has 0 spiro atoms. The lowest BCUT2D eigenvalue weighted by Crippen LogP contribution is -2.38. The maximum atomic E-state index is 12.4. The van der Waals surface area contributed by atoms with E-state index in [1.165, 1.54) is 19.3 Å². The number of hydrogen-bond donors (Lipinski definition) is 0. The highest BCUT2D eigenvalue weighted by molar-refractivity contribution is 5.86. The fourth-order valence-corrected chi connectivity index (χ4v) is 2.79. The number of unbranched alkanes of at least 4 members (excludes halogenated alkanes) is 3. The zero-order valence-electron chi connectivity index (χ0n) is 13.2. The minimum atomic E-state index is -0.318. The second kappa shape index (κ2) is 7.39. The zero-order valence-corrected chi connectivity index (χ0v) is 13.2. The molecule has 3 atom stereocenters. The van der Waals surface area contributed by atoms with Crippen LogP contribution in [-0.4, -0.2) is 31.7 Å². The van der Waals surface area contributed by atoms with Crippen LogP contribution in [0.25, 0.3) is 0 Å². The molecule has 19 heavy (non-hydrogen) atoms. The van der Waals surface area contributed by atoms with Crippen molar-refractivity contribution in [1.29, 1.82) is 0 Å². The quantitative estimate of drug-likeness (QED) is 0.663. The average Bonchev–Trinajstić information content (AvgIpc) is 2.75. The number of carbonyl (C=O) groups is 1. The molecule has 1 aliphatic rings. The molecule has 0 aliphatic carbocycles. The largest absolute Gasteiger partial charge is 0.378 e. The van der Waals surface area contributed by atoms with Gasteiger partial charge in [-0.05, 0) is 6.42 Å². The van der Waals surface area contributed by atoms with Gasteiger partial charge in [-0.2, -0.15) is 0 Å². The van der Waals surface area contributed by atoms with E-state index >= 15 is 0 Å². The molecule has 1 rings (SSSR count). The molecule has 0 aromatic rings. The fourth-order valence-electron chi connectivity index (χ4n) is 2.79. The molecule has 0 radical (unpaired) electrons. The van der Waals surface area contributed by atoms with Crippen LogP contribution in [0.1, 0.15) is 59.8 Å². The first-order valence-corrected chi connectivity index (χ1v) is 7.60. The summed E-state index contributed by atoms with van der Waals surface area (Å²) in [7, 11) is 1.70. The van der Waals surface area contributed by atoms with Crippen molar-refractivity contribution in [1.82, 2.24) is 0 Å². The van der Waals surface area contributed by atoms with Gasteiger partial charge in [-0.15, -0.1) is 0 Å². The summed E-state index contributed by atoms with van der Waals surface area (Å²) in [5, 5.41) is 0. The number of ether oxygens (including phenoxy) is 2. The van der Waals surface area contributed by atoms with Gasteiger partial charge < -0.3 is 9.47 Å². The standard InChI is InChI=1S/C16H30O3/c1-6-7-8-9-10-13-14(18-5)12(11-19-13)15(17)16(2,3)4/h12-14H,6-11H2,1-5H3/t12-,13-,14-/m1/s1. The smallest absolute Gasteiger partial charge is 0.146 e. The SMILES string of the molecule is CCCCCC[C@H]1OC[C@@H](C(=O)C(C)(C)C)[C@H]1OC. The summed E-state index contributed by atoms with van der Waals surface area (Å²) < 4.78 is 11.4. The van der Waals surface area contributed by atoms with Crippen LogP contribution < -0.4 is 0 Å². The van der Waals surface area contributed by atoms with Gasteiger partial charge in [-0.25, -0.2) is 0 Å². The third-order valence-electron chi connectivity index (χ3n) is 3.94. The lowest BCUT2D eigenvalue weighted by Gasteiger charge is -2.26. The first-order valence-electron chi connectivity index (χ1n) is 7.60. The summed E-state index contributed by atoms with van der Waals surface area (Å²) >= 11 is 0. The lowest BCUT2D eigenvalue weighted by atomic mass is 9.80. The van der Waals surface area contributed by atoms with Crippen molar-refractivity contribution >= 4 is 5.78 Å². The van der Waals surface area contributed by atoms with Crippen LogP contribution in [-0.2, 0) is 14.3 Å². The first-order chi connectivity index (χ1) is 8.91. The maximum Gasteiger partial charge on any atom is 0.146 e. The van der Waals surface area contributed by atoms with E-state index in [1.54, 1.807) is 7.11 Å². The topological polar surface area (TPSA) is 35.5 Å². The predicted octanol–water partition coefficient (Wildman–Crippen LogP) is 3.60. The number of rotatable bonds is 7. The Bertz CT molecular complexity index is 280. The van der Waals surface area contributed by atoms with Gasteiger partial charge >= 0.3 is 0 Å². The van der Waals surface area contributed by atoms with Crippen LogP contribution in [0, 0.1) is 11.3 Å². The van der Waals surface area contributed by atoms with Gasteiger partial charge in [0.05, 0.1) is 24.7 Å². The Kier molecular flexibility index (Phi) is 6.48. The monoisotopic (exact) mass is 270 g/mol. The molecule has 0 aromatic carbocycles. The molecule has 3 heteroatoms. The molecular weight excluding hydrogens is 240 g/mol. The number of ketones is 1. The lowest BCUT2D eigenvalue weighted by molar-refractivity contribution is -0.133. The highest BCUT2D eigenvalue weighted by Crippen LogP contribution is 2.32. The van der Waals surface area contributed by atoms with Gasteiger partial charge in [-0.1, -0.05) is 53.4 Å². The molecule has 3 nitrogen and oxygen atoms in total. The van der Waals surface area contributed by atoms with Gasteiger partial charge in [0.2, 0.25) is 0 Å². The Hall–Kier alpha value is -0.410. The number of hydrogen-bond acceptors (Lipinski definition) is 3. The van der Waals surface area contributed by atoms with Crippen LogP contribution in [0.15, 0.2) is 0 Å². The van der Waals surface area contributed by atoms with Crippen LogP contribution in [0.3, 0.4) is 0 Å². The average molecular weight is 270 g/mol. The predicted molar refractivity (Wildman–Crippen MR) is 77.2 cm³/mol. The Morgan fingerprint density at radius 2 is 1.95 bits per heavy atom. The molecular formula is C16H30O3. The minimum absolute atomic E-state index is 0.0617. The maximum absolute atomic E-state index is 12.4. The first kappa shape index (κ1) is 16.6. The van der Waals surface area contributed by atoms with Gasteiger partial charge in [-0.3, -0.25) is 4.79 Å². The van der Waals surface area contributed by atoms with Crippen LogP contribution in [0.5, 0.6) is 0 Å². The Morgan fingerprint density at radius 1 is 1.26 bits per heavy atom.